The fourth-order valence-electron chi connectivity index (χ4n) is 3.01. The van der Waals surface area contributed by atoms with E-state index in [1.807, 2.05) is 12.3 Å². The topological polar surface area (TPSA) is 41.1 Å². The van der Waals surface area contributed by atoms with Gasteiger partial charge in [-0.15, -0.1) is 0 Å². The lowest BCUT2D eigenvalue weighted by Crippen LogP contribution is -2.34. The molecule has 116 valence electrons. The lowest BCUT2D eigenvalue weighted by atomic mass is 10.0. The molecule has 0 spiro atoms. The van der Waals surface area contributed by atoms with Gasteiger partial charge in [0, 0.05) is 25.8 Å². The van der Waals surface area contributed by atoms with E-state index in [1.54, 1.807) is 0 Å². The zero-order valence-corrected chi connectivity index (χ0v) is 13.4. The maximum atomic E-state index is 4.67. The molecule has 0 amide bonds. The maximum absolute atomic E-state index is 4.67. The number of aromatic nitrogens is 2. The average molecular weight is 296 g/mol. The van der Waals surface area contributed by atoms with Crippen LogP contribution in [0.15, 0.2) is 36.5 Å². The molecule has 1 aromatic carbocycles. The third-order valence-electron chi connectivity index (χ3n) is 4.15. The van der Waals surface area contributed by atoms with Crippen molar-refractivity contribution in [3.8, 4) is 0 Å². The molecule has 1 fully saturated rings. The van der Waals surface area contributed by atoms with Crippen molar-refractivity contribution in [2.75, 3.05) is 23.3 Å². The Hall–Kier alpha value is -2.10. The van der Waals surface area contributed by atoms with Crippen LogP contribution in [-0.2, 0) is 6.54 Å². The molecule has 0 bridgehead atoms. The van der Waals surface area contributed by atoms with E-state index >= 15 is 0 Å². The summed E-state index contributed by atoms with van der Waals surface area (Å²) in [6.45, 7) is 7.36. The number of rotatable bonds is 4. The number of nitrogens with one attached hydrogen (secondary N) is 1. The molecule has 4 nitrogen and oxygen atoms in total. The fourth-order valence-corrected chi connectivity index (χ4v) is 3.01. The number of piperidine rings is 1. The van der Waals surface area contributed by atoms with Gasteiger partial charge in [0.1, 0.15) is 5.82 Å². The van der Waals surface area contributed by atoms with Crippen molar-refractivity contribution in [1.29, 1.82) is 0 Å². The summed E-state index contributed by atoms with van der Waals surface area (Å²) >= 11 is 0. The second-order valence-corrected chi connectivity index (χ2v) is 6.27. The van der Waals surface area contributed by atoms with Crippen LogP contribution in [0.3, 0.4) is 0 Å². The lowest BCUT2D eigenvalue weighted by molar-refractivity contribution is 0.444. The van der Waals surface area contributed by atoms with Gasteiger partial charge in [0.05, 0.1) is 0 Å². The van der Waals surface area contributed by atoms with Crippen molar-refractivity contribution in [2.45, 2.75) is 33.2 Å². The summed E-state index contributed by atoms with van der Waals surface area (Å²) in [6.07, 6.45) is 4.41. The van der Waals surface area contributed by atoms with Gasteiger partial charge in [-0.2, -0.15) is 4.98 Å². The molecule has 3 rings (SSSR count). The first-order valence-electron chi connectivity index (χ1n) is 8.08. The summed E-state index contributed by atoms with van der Waals surface area (Å²) in [5.74, 6) is 2.48. The van der Waals surface area contributed by atoms with Crippen LogP contribution in [0, 0.1) is 12.8 Å². The monoisotopic (exact) mass is 296 g/mol. The Balaban J connectivity index is 1.66. The molecule has 1 atom stereocenters. The van der Waals surface area contributed by atoms with E-state index in [-0.39, 0.29) is 0 Å². The molecule has 4 heteroatoms. The van der Waals surface area contributed by atoms with Gasteiger partial charge in [0.2, 0.25) is 5.95 Å². The SMILES string of the molecule is Cc1cccc(CNc2nccc(N3CCCC(C)C3)n2)c1. The van der Waals surface area contributed by atoms with Crippen LogP contribution in [0.25, 0.3) is 0 Å². The van der Waals surface area contributed by atoms with E-state index < -0.39 is 0 Å². The van der Waals surface area contributed by atoms with Crippen molar-refractivity contribution in [3.05, 3.63) is 47.7 Å². The minimum atomic E-state index is 0.706. The Morgan fingerprint density at radius 3 is 3.05 bits per heavy atom. The predicted molar refractivity (Wildman–Crippen MR) is 91.1 cm³/mol. The molecule has 1 aliphatic heterocycles. The molecular formula is C18H24N4. The Bertz CT molecular complexity index is 626. The van der Waals surface area contributed by atoms with E-state index in [4.69, 9.17) is 0 Å². The van der Waals surface area contributed by atoms with E-state index in [1.165, 1.54) is 24.0 Å². The van der Waals surface area contributed by atoms with Crippen molar-refractivity contribution >= 4 is 11.8 Å². The van der Waals surface area contributed by atoms with Crippen molar-refractivity contribution < 1.29 is 0 Å². The molecule has 0 aliphatic carbocycles. The standard InChI is InChI=1S/C18H24N4/c1-14-5-3-7-16(11-14)12-20-18-19-9-8-17(21-18)22-10-4-6-15(2)13-22/h3,5,7-9,11,15H,4,6,10,12-13H2,1-2H3,(H,19,20,21). The Morgan fingerprint density at radius 1 is 1.32 bits per heavy atom. The van der Waals surface area contributed by atoms with Crippen molar-refractivity contribution in [3.63, 3.8) is 0 Å². The van der Waals surface area contributed by atoms with Gasteiger partial charge < -0.3 is 10.2 Å². The lowest BCUT2D eigenvalue weighted by Gasteiger charge is -2.31. The van der Waals surface area contributed by atoms with Gasteiger partial charge in [0.25, 0.3) is 0 Å². The number of benzene rings is 1. The smallest absolute Gasteiger partial charge is 0.224 e. The van der Waals surface area contributed by atoms with Crippen molar-refractivity contribution in [1.82, 2.24) is 9.97 Å². The van der Waals surface area contributed by atoms with Crippen molar-refractivity contribution in [2.24, 2.45) is 5.92 Å². The average Bonchev–Trinajstić information content (AvgIpc) is 2.53. The Kier molecular flexibility index (Phi) is 4.56. The van der Waals surface area contributed by atoms with Gasteiger partial charge in [-0.1, -0.05) is 36.8 Å². The van der Waals surface area contributed by atoms with Crippen LogP contribution in [0.1, 0.15) is 30.9 Å². The molecular weight excluding hydrogens is 272 g/mol. The molecule has 1 saturated heterocycles. The van der Waals surface area contributed by atoms with E-state index in [0.29, 0.717) is 5.95 Å². The number of anilines is 2. The molecule has 0 radical (unpaired) electrons. The first kappa shape index (κ1) is 14.8. The molecule has 2 aromatic rings. The zero-order valence-electron chi connectivity index (χ0n) is 13.4. The number of nitrogens with zero attached hydrogens (tertiary/aromatic N) is 3. The van der Waals surface area contributed by atoms with Crippen LogP contribution in [0.4, 0.5) is 11.8 Å². The highest BCUT2D eigenvalue weighted by Crippen LogP contribution is 2.21. The largest absolute Gasteiger partial charge is 0.356 e. The number of hydrogen-bond acceptors (Lipinski definition) is 4. The first-order chi connectivity index (χ1) is 10.7. The number of hydrogen-bond donors (Lipinski definition) is 1. The quantitative estimate of drug-likeness (QED) is 0.935. The van der Waals surface area contributed by atoms with Gasteiger partial charge in [-0.05, 0) is 37.3 Å². The second kappa shape index (κ2) is 6.77. The van der Waals surface area contributed by atoms with Crippen LogP contribution in [0.5, 0.6) is 0 Å². The molecule has 2 heterocycles. The van der Waals surface area contributed by atoms with Crippen LogP contribution in [0.2, 0.25) is 0 Å². The summed E-state index contributed by atoms with van der Waals surface area (Å²) in [5.41, 5.74) is 2.52. The third-order valence-corrected chi connectivity index (χ3v) is 4.15. The van der Waals surface area contributed by atoms with Gasteiger partial charge in [0.15, 0.2) is 0 Å². The normalized spacial score (nSPS) is 18.3. The van der Waals surface area contributed by atoms with Gasteiger partial charge in [-0.25, -0.2) is 4.98 Å². The van der Waals surface area contributed by atoms with Crippen LogP contribution in [-0.4, -0.2) is 23.1 Å². The highest BCUT2D eigenvalue weighted by Gasteiger charge is 2.17. The summed E-state index contributed by atoms with van der Waals surface area (Å²) < 4.78 is 0. The molecule has 1 N–H and O–H groups in total. The zero-order chi connectivity index (χ0) is 15.4. The molecule has 0 saturated carbocycles. The van der Waals surface area contributed by atoms with Crippen LogP contribution >= 0.6 is 0 Å². The third kappa shape index (κ3) is 3.75. The van der Waals surface area contributed by atoms with E-state index in [9.17, 15) is 0 Å². The molecule has 1 aliphatic rings. The molecule has 1 unspecified atom stereocenters. The minimum absolute atomic E-state index is 0.706. The highest BCUT2D eigenvalue weighted by molar-refractivity contribution is 5.43. The molecule has 22 heavy (non-hydrogen) atoms. The summed E-state index contributed by atoms with van der Waals surface area (Å²) in [4.78, 5) is 11.4. The minimum Gasteiger partial charge on any atom is -0.356 e. The molecule has 1 aromatic heterocycles. The summed E-state index contributed by atoms with van der Waals surface area (Å²) in [5, 5.41) is 3.33. The Morgan fingerprint density at radius 2 is 2.23 bits per heavy atom. The van der Waals surface area contributed by atoms with Gasteiger partial charge >= 0.3 is 0 Å². The Labute approximate surface area is 132 Å². The van der Waals surface area contributed by atoms with E-state index in [2.05, 4.69) is 58.3 Å². The maximum Gasteiger partial charge on any atom is 0.224 e. The fraction of sp³-hybridized carbons (Fsp3) is 0.444. The second-order valence-electron chi connectivity index (χ2n) is 6.27. The number of aryl methyl sites for hydroxylation is 1. The summed E-state index contributed by atoms with van der Waals surface area (Å²) in [7, 11) is 0. The van der Waals surface area contributed by atoms with E-state index in [0.717, 1.165) is 31.4 Å². The van der Waals surface area contributed by atoms with Gasteiger partial charge in [-0.3, -0.25) is 0 Å². The van der Waals surface area contributed by atoms with Crippen LogP contribution < -0.4 is 10.2 Å². The summed E-state index contributed by atoms with van der Waals surface area (Å²) in [6, 6.07) is 10.5. The first-order valence-corrected chi connectivity index (χ1v) is 8.08. The predicted octanol–water partition coefficient (Wildman–Crippen LogP) is 3.63. The highest BCUT2D eigenvalue weighted by atomic mass is 15.2.